The van der Waals surface area contributed by atoms with Crippen molar-refractivity contribution in [1.29, 1.82) is 0 Å². The van der Waals surface area contributed by atoms with Crippen molar-refractivity contribution in [2.75, 3.05) is 7.05 Å². The highest BCUT2D eigenvalue weighted by Gasteiger charge is 2.15. The Kier molecular flexibility index (Phi) is 4.48. The smallest absolute Gasteiger partial charge is 0.240 e. The zero-order valence-electron chi connectivity index (χ0n) is 11.2. The number of nitrogens with zero attached hydrogens (tertiary/aromatic N) is 2. The fraction of sp³-hybridized carbons (Fsp3) is 0.333. The van der Waals surface area contributed by atoms with Crippen LogP contribution in [0.1, 0.15) is 24.4 Å². The first-order valence-corrected chi connectivity index (χ1v) is 7.53. The molecule has 0 spiro atoms. The molecule has 0 bridgehead atoms. The summed E-state index contributed by atoms with van der Waals surface area (Å²) in [5.74, 6) is 0.286. The fourth-order valence-electron chi connectivity index (χ4n) is 1.62. The molecule has 2 N–H and O–H groups in total. The summed E-state index contributed by atoms with van der Waals surface area (Å²) in [4.78, 5) is 3.95. The molecule has 1 heterocycles. The molecule has 1 unspecified atom stereocenters. The Morgan fingerprint density at radius 3 is 2.55 bits per heavy atom. The second-order valence-electron chi connectivity index (χ2n) is 4.25. The summed E-state index contributed by atoms with van der Waals surface area (Å²) >= 11 is 0. The van der Waals surface area contributed by atoms with Gasteiger partial charge in [0, 0.05) is 6.04 Å². The second-order valence-corrected chi connectivity index (χ2v) is 6.02. The highest BCUT2D eigenvalue weighted by atomic mass is 32.2. The molecule has 2 rings (SSSR count). The van der Waals surface area contributed by atoms with E-state index in [2.05, 4.69) is 24.7 Å². The number of aromatic nitrogens is 2. The van der Waals surface area contributed by atoms with E-state index < -0.39 is 10.0 Å². The van der Waals surface area contributed by atoms with Crippen molar-refractivity contribution in [3.63, 3.8) is 0 Å². The zero-order chi connectivity index (χ0) is 14.6. The van der Waals surface area contributed by atoms with Gasteiger partial charge in [-0.3, -0.25) is 0 Å². The molecule has 108 valence electrons. The molecule has 1 aromatic carbocycles. The van der Waals surface area contributed by atoms with Crippen LogP contribution in [0.15, 0.2) is 40.1 Å². The van der Waals surface area contributed by atoms with Gasteiger partial charge in [-0.05, 0) is 31.7 Å². The highest BCUT2D eigenvalue weighted by Crippen LogP contribution is 2.15. The summed E-state index contributed by atoms with van der Waals surface area (Å²) in [6.45, 7) is 1.99. The van der Waals surface area contributed by atoms with Gasteiger partial charge in [-0.25, -0.2) is 13.1 Å². The maximum Gasteiger partial charge on any atom is 0.240 e. The number of benzene rings is 1. The zero-order valence-corrected chi connectivity index (χ0v) is 12.0. The lowest BCUT2D eigenvalue weighted by Gasteiger charge is -2.11. The van der Waals surface area contributed by atoms with Gasteiger partial charge in [0.25, 0.3) is 0 Å². The van der Waals surface area contributed by atoms with Crippen LogP contribution in [0.5, 0.6) is 0 Å². The number of hydrogen-bond acceptors (Lipinski definition) is 6. The first kappa shape index (κ1) is 14.6. The van der Waals surface area contributed by atoms with Gasteiger partial charge in [-0.2, -0.15) is 4.98 Å². The minimum atomic E-state index is -3.58. The molecule has 2 aromatic rings. The summed E-state index contributed by atoms with van der Waals surface area (Å²) in [5, 5.41) is 6.63. The molecule has 7 nitrogen and oxygen atoms in total. The lowest BCUT2D eigenvalue weighted by atomic mass is 10.1. The third kappa shape index (κ3) is 3.41. The van der Waals surface area contributed by atoms with Gasteiger partial charge in [0.05, 0.1) is 11.4 Å². The van der Waals surface area contributed by atoms with Crippen molar-refractivity contribution in [3.8, 4) is 0 Å². The Hall–Kier alpha value is -1.77. The topological polar surface area (TPSA) is 97.1 Å². The molecule has 0 saturated carbocycles. The molecule has 8 heteroatoms. The highest BCUT2D eigenvalue weighted by molar-refractivity contribution is 7.89. The molecule has 0 aliphatic rings. The van der Waals surface area contributed by atoms with E-state index in [-0.39, 0.29) is 23.3 Å². The van der Waals surface area contributed by atoms with Gasteiger partial charge in [-0.15, -0.1) is 0 Å². The molecule has 0 aliphatic heterocycles. The van der Waals surface area contributed by atoms with Gasteiger partial charge in [-0.1, -0.05) is 17.3 Å². The van der Waals surface area contributed by atoms with E-state index in [1.165, 1.54) is 0 Å². The Bertz CT molecular complexity index is 638. The fourth-order valence-corrected chi connectivity index (χ4v) is 2.60. The van der Waals surface area contributed by atoms with Gasteiger partial charge in [0.1, 0.15) is 0 Å². The van der Waals surface area contributed by atoms with Gasteiger partial charge in [0.2, 0.25) is 16.4 Å². The predicted molar refractivity (Wildman–Crippen MR) is 72.2 cm³/mol. The quantitative estimate of drug-likeness (QED) is 0.819. The van der Waals surface area contributed by atoms with Crippen molar-refractivity contribution in [2.45, 2.75) is 24.4 Å². The van der Waals surface area contributed by atoms with Crippen LogP contribution in [0.2, 0.25) is 0 Å². The van der Waals surface area contributed by atoms with E-state index in [4.69, 9.17) is 0 Å². The predicted octanol–water partition coefficient (Wildman–Crippen LogP) is 0.828. The summed E-state index contributed by atoms with van der Waals surface area (Å²) in [6, 6.07) is 6.87. The Balaban J connectivity index is 2.09. The lowest BCUT2D eigenvalue weighted by Crippen LogP contribution is -2.24. The van der Waals surface area contributed by atoms with Crippen LogP contribution in [0.4, 0.5) is 0 Å². The first-order chi connectivity index (χ1) is 9.53. The maximum atomic E-state index is 12.1. The van der Waals surface area contributed by atoms with Crippen LogP contribution >= 0.6 is 0 Å². The normalized spacial score (nSPS) is 13.3. The van der Waals surface area contributed by atoms with Crippen molar-refractivity contribution in [1.82, 2.24) is 20.2 Å². The summed E-state index contributed by atoms with van der Waals surface area (Å²) in [7, 11) is -1.73. The summed E-state index contributed by atoms with van der Waals surface area (Å²) < 4.78 is 31.1. The number of rotatable bonds is 6. The van der Waals surface area contributed by atoms with E-state index in [9.17, 15) is 8.42 Å². The van der Waals surface area contributed by atoms with Crippen molar-refractivity contribution in [2.24, 2.45) is 0 Å². The minimum absolute atomic E-state index is 0.00645. The van der Waals surface area contributed by atoms with Crippen LogP contribution in [0, 0.1) is 0 Å². The van der Waals surface area contributed by atoms with E-state index >= 15 is 0 Å². The molecular weight excluding hydrogens is 280 g/mol. The van der Waals surface area contributed by atoms with Gasteiger partial charge < -0.3 is 9.84 Å². The molecule has 0 fully saturated rings. The standard InChI is InChI=1S/C12H16N4O3S/c1-9(13-2)10-3-5-11(6-4-10)20(17,18)15-7-12-14-8-19-16-12/h3-6,8-9,13,15H,7H2,1-2H3. The van der Waals surface area contributed by atoms with Gasteiger partial charge >= 0.3 is 0 Å². The Labute approximate surface area is 117 Å². The molecule has 0 amide bonds. The molecule has 1 aromatic heterocycles. The third-order valence-corrected chi connectivity index (χ3v) is 4.37. The van der Waals surface area contributed by atoms with E-state index in [0.717, 1.165) is 12.0 Å². The van der Waals surface area contributed by atoms with Crippen LogP contribution in [0.3, 0.4) is 0 Å². The largest absolute Gasteiger partial charge is 0.343 e. The van der Waals surface area contributed by atoms with Gasteiger partial charge in [0.15, 0.2) is 5.82 Å². The summed E-state index contributed by atoms with van der Waals surface area (Å²) in [6.07, 6.45) is 1.15. The molecule has 0 aliphatic carbocycles. The number of hydrogen-bond donors (Lipinski definition) is 2. The van der Waals surface area contributed by atoms with Crippen LogP contribution in [0.25, 0.3) is 0 Å². The average molecular weight is 296 g/mol. The van der Waals surface area contributed by atoms with E-state index in [0.29, 0.717) is 0 Å². The number of nitrogens with one attached hydrogen (secondary N) is 2. The average Bonchev–Trinajstić information content (AvgIpc) is 2.98. The van der Waals surface area contributed by atoms with E-state index in [1.54, 1.807) is 24.3 Å². The van der Waals surface area contributed by atoms with Crippen molar-refractivity contribution in [3.05, 3.63) is 42.0 Å². The maximum absolute atomic E-state index is 12.1. The Morgan fingerprint density at radius 1 is 1.30 bits per heavy atom. The monoisotopic (exact) mass is 296 g/mol. The summed E-state index contributed by atoms with van der Waals surface area (Å²) in [5.41, 5.74) is 1.02. The molecule has 0 saturated heterocycles. The molecule has 20 heavy (non-hydrogen) atoms. The first-order valence-electron chi connectivity index (χ1n) is 6.05. The van der Waals surface area contributed by atoms with Crippen molar-refractivity contribution < 1.29 is 12.9 Å². The van der Waals surface area contributed by atoms with E-state index in [1.807, 2.05) is 14.0 Å². The van der Waals surface area contributed by atoms with Crippen molar-refractivity contribution >= 4 is 10.0 Å². The molecular formula is C12H16N4O3S. The van der Waals surface area contributed by atoms with Crippen LogP contribution in [-0.2, 0) is 16.6 Å². The minimum Gasteiger partial charge on any atom is -0.343 e. The second kappa shape index (κ2) is 6.12. The lowest BCUT2D eigenvalue weighted by molar-refractivity contribution is 0.409. The SMILES string of the molecule is CNC(C)c1ccc(S(=O)(=O)NCc2ncon2)cc1. The van der Waals surface area contributed by atoms with Crippen LogP contribution in [-0.4, -0.2) is 25.6 Å². The third-order valence-electron chi connectivity index (χ3n) is 2.95. The molecule has 0 radical (unpaired) electrons. The molecule has 1 atom stereocenters. The van der Waals surface area contributed by atoms with Crippen LogP contribution < -0.4 is 10.0 Å². The Morgan fingerprint density at radius 2 is 2.00 bits per heavy atom. The number of sulfonamides is 1.